The van der Waals surface area contributed by atoms with Crippen LogP contribution in [0, 0.1) is 0 Å². The maximum Gasteiger partial charge on any atom is 0.251 e. The summed E-state index contributed by atoms with van der Waals surface area (Å²) in [5, 5.41) is 13.9. The normalized spacial score (nSPS) is 15.4. The van der Waals surface area contributed by atoms with Crippen molar-refractivity contribution in [2.75, 3.05) is 31.6 Å². The van der Waals surface area contributed by atoms with Crippen LogP contribution < -0.4 is 11.1 Å². The van der Waals surface area contributed by atoms with Crippen LogP contribution in [0.25, 0.3) is 10.4 Å². The second-order valence-corrected chi connectivity index (χ2v) is 8.69. The SMILES string of the molecule is CCC(O)c1ccc(-c2cc(C(N)=O)c(Nc3cccc(CN4CCOCC4)n3)s2)cn1. The second-order valence-electron chi connectivity index (χ2n) is 7.64. The lowest BCUT2D eigenvalue weighted by molar-refractivity contribution is 0.0337. The predicted octanol–water partition coefficient (Wildman–Crippen LogP) is 3.32. The van der Waals surface area contributed by atoms with Crippen molar-refractivity contribution in [3.8, 4) is 10.4 Å². The van der Waals surface area contributed by atoms with E-state index in [0.717, 1.165) is 49.0 Å². The number of rotatable bonds is 8. The van der Waals surface area contributed by atoms with Gasteiger partial charge < -0.3 is 20.9 Å². The molecule has 3 aromatic heterocycles. The number of carbonyl (C=O) groups is 1. The van der Waals surface area contributed by atoms with E-state index in [1.54, 1.807) is 18.3 Å². The van der Waals surface area contributed by atoms with E-state index in [0.29, 0.717) is 28.5 Å². The molecule has 3 aromatic rings. The van der Waals surface area contributed by atoms with Crippen LogP contribution >= 0.6 is 11.3 Å². The van der Waals surface area contributed by atoms with Gasteiger partial charge in [0.2, 0.25) is 0 Å². The van der Waals surface area contributed by atoms with Crippen LogP contribution in [0.3, 0.4) is 0 Å². The number of anilines is 2. The first-order valence-corrected chi connectivity index (χ1v) is 11.5. The maximum atomic E-state index is 12.1. The maximum absolute atomic E-state index is 12.1. The number of aliphatic hydroxyl groups excluding tert-OH is 1. The number of nitrogens with one attached hydrogen (secondary N) is 1. The lowest BCUT2D eigenvalue weighted by atomic mass is 10.1. The minimum atomic E-state index is -0.582. The molecule has 0 aliphatic carbocycles. The van der Waals surface area contributed by atoms with Crippen LogP contribution in [0.1, 0.15) is 41.2 Å². The number of aromatic nitrogens is 2. The Morgan fingerprint density at radius 3 is 2.81 bits per heavy atom. The summed E-state index contributed by atoms with van der Waals surface area (Å²) < 4.78 is 5.40. The topological polar surface area (TPSA) is 114 Å². The number of hydrogen-bond acceptors (Lipinski definition) is 8. The molecule has 32 heavy (non-hydrogen) atoms. The number of pyridine rings is 2. The number of thiophene rings is 1. The van der Waals surface area contributed by atoms with E-state index >= 15 is 0 Å². The van der Waals surface area contributed by atoms with Crippen molar-refractivity contribution in [3.63, 3.8) is 0 Å². The summed E-state index contributed by atoms with van der Waals surface area (Å²) in [6.45, 7) is 5.92. The van der Waals surface area contributed by atoms with Gasteiger partial charge in [-0.3, -0.25) is 14.7 Å². The van der Waals surface area contributed by atoms with Crippen LogP contribution in [-0.2, 0) is 11.3 Å². The summed E-state index contributed by atoms with van der Waals surface area (Å²) in [5.74, 6) is 0.150. The Morgan fingerprint density at radius 1 is 1.31 bits per heavy atom. The second kappa shape index (κ2) is 10.2. The Balaban J connectivity index is 1.54. The van der Waals surface area contributed by atoms with Crippen molar-refractivity contribution in [2.45, 2.75) is 26.0 Å². The largest absolute Gasteiger partial charge is 0.387 e. The summed E-state index contributed by atoms with van der Waals surface area (Å²) in [4.78, 5) is 24.3. The zero-order valence-electron chi connectivity index (χ0n) is 18.0. The lowest BCUT2D eigenvalue weighted by Gasteiger charge is -2.26. The number of nitrogens with zero attached hydrogens (tertiary/aromatic N) is 3. The highest BCUT2D eigenvalue weighted by atomic mass is 32.1. The zero-order chi connectivity index (χ0) is 22.5. The highest BCUT2D eigenvalue weighted by Gasteiger charge is 2.17. The van der Waals surface area contributed by atoms with Crippen LogP contribution in [0.15, 0.2) is 42.6 Å². The number of morpholine rings is 1. The minimum Gasteiger partial charge on any atom is -0.387 e. The quantitative estimate of drug-likeness (QED) is 0.479. The van der Waals surface area contributed by atoms with Crippen molar-refractivity contribution < 1.29 is 14.6 Å². The van der Waals surface area contributed by atoms with Crippen molar-refractivity contribution in [1.29, 1.82) is 0 Å². The van der Waals surface area contributed by atoms with E-state index < -0.39 is 12.0 Å². The monoisotopic (exact) mass is 453 g/mol. The van der Waals surface area contributed by atoms with Gasteiger partial charge in [0.25, 0.3) is 5.91 Å². The van der Waals surface area contributed by atoms with Crippen molar-refractivity contribution in [2.24, 2.45) is 5.73 Å². The van der Waals surface area contributed by atoms with Crippen LogP contribution in [0.5, 0.6) is 0 Å². The molecule has 0 saturated carbocycles. The van der Waals surface area contributed by atoms with Crippen molar-refractivity contribution >= 4 is 28.1 Å². The van der Waals surface area contributed by atoms with Gasteiger partial charge in [0.05, 0.1) is 36.3 Å². The Labute approximate surface area is 191 Å². The summed E-state index contributed by atoms with van der Waals surface area (Å²) >= 11 is 1.42. The molecule has 1 saturated heterocycles. The fourth-order valence-corrected chi connectivity index (χ4v) is 4.57. The molecule has 1 fully saturated rings. The van der Waals surface area contributed by atoms with Crippen LogP contribution in [0.2, 0.25) is 0 Å². The Morgan fingerprint density at radius 2 is 2.12 bits per heavy atom. The third kappa shape index (κ3) is 5.31. The Kier molecular flexibility index (Phi) is 7.11. The van der Waals surface area contributed by atoms with E-state index in [2.05, 4.69) is 15.2 Å². The number of amides is 1. The van der Waals surface area contributed by atoms with Crippen molar-refractivity contribution in [3.05, 3.63) is 59.5 Å². The molecule has 1 aliphatic rings. The standard InChI is InChI=1S/C23H27N5O3S/c1-2-19(29)18-7-6-15(13-25-18)20-12-17(22(24)30)23(32-20)27-21-5-3-4-16(26-21)14-28-8-10-31-11-9-28/h3-7,12-13,19,29H,2,8-11,14H2,1H3,(H2,24,30)(H,26,27). The third-order valence-corrected chi connectivity index (χ3v) is 6.43. The zero-order valence-corrected chi connectivity index (χ0v) is 18.8. The third-order valence-electron chi connectivity index (χ3n) is 5.33. The number of aliphatic hydroxyl groups is 1. The van der Waals surface area contributed by atoms with Crippen molar-refractivity contribution in [1.82, 2.24) is 14.9 Å². The number of nitrogens with two attached hydrogens (primary N) is 1. The van der Waals surface area contributed by atoms with Gasteiger partial charge in [0.1, 0.15) is 10.8 Å². The van der Waals surface area contributed by atoms with Gasteiger partial charge >= 0.3 is 0 Å². The van der Waals surface area contributed by atoms with Gasteiger partial charge in [0.15, 0.2) is 0 Å². The van der Waals surface area contributed by atoms with Gasteiger partial charge in [-0.1, -0.05) is 19.1 Å². The average molecular weight is 454 g/mol. The molecule has 4 rings (SSSR count). The average Bonchev–Trinajstić information content (AvgIpc) is 3.23. The molecule has 0 aromatic carbocycles. The summed E-state index contributed by atoms with van der Waals surface area (Å²) in [7, 11) is 0. The highest BCUT2D eigenvalue weighted by Crippen LogP contribution is 2.36. The molecule has 1 atom stereocenters. The highest BCUT2D eigenvalue weighted by molar-refractivity contribution is 7.19. The van der Waals surface area contributed by atoms with Gasteiger partial charge in [-0.15, -0.1) is 11.3 Å². The van der Waals surface area contributed by atoms with Gasteiger partial charge in [-0.2, -0.15) is 0 Å². The molecule has 0 radical (unpaired) electrons. The molecular formula is C23H27N5O3S. The first-order valence-electron chi connectivity index (χ1n) is 10.6. The molecule has 168 valence electrons. The summed E-state index contributed by atoms with van der Waals surface area (Å²) in [6.07, 6.45) is 1.72. The molecular weight excluding hydrogens is 426 g/mol. The summed E-state index contributed by atoms with van der Waals surface area (Å²) in [5.41, 5.74) is 8.47. The van der Waals surface area contributed by atoms with E-state index in [1.165, 1.54) is 11.3 Å². The fourth-order valence-electron chi connectivity index (χ4n) is 3.51. The Hall–Kier alpha value is -2.85. The predicted molar refractivity (Wildman–Crippen MR) is 125 cm³/mol. The molecule has 1 aliphatic heterocycles. The van der Waals surface area contributed by atoms with E-state index in [-0.39, 0.29) is 0 Å². The number of hydrogen-bond donors (Lipinski definition) is 3. The Bertz CT molecular complexity index is 1060. The lowest BCUT2D eigenvalue weighted by Crippen LogP contribution is -2.35. The van der Waals surface area contributed by atoms with Crippen LogP contribution in [-0.4, -0.2) is 52.2 Å². The molecule has 4 N–H and O–H groups in total. The molecule has 8 nitrogen and oxygen atoms in total. The first-order chi connectivity index (χ1) is 15.5. The smallest absolute Gasteiger partial charge is 0.251 e. The van der Waals surface area contributed by atoms with Gasteiger partial charge in [-0.25, -0.2) is 4.98 Å². The molecule has 4 heterocycles. The fraction of sp³-hybridized carbons (Fsp3) is 0.348. The first kappa shape index (κ1) is 22.3. The van der Waals surface area contributed by atoms with Gasteiger partial charge in [0, 0.05) is 36.3 Å². The molecule has 1 unspecified atom stereocenters. The number of ether oxygens (including phenoxy) is 1. The van der Waals surface area contributed by atoms with Gasteiger partial charge in [-0.05, 0) is 30.7 Å². The molecule has 0 bridgehead atoms. The number of primary amides is 1. The van der Waals surface area contributed by atoms with Crippen LogP contribution in [0.4, 0.5) is 10.8 Å². The molecule has 0 spiro atoms. The molecule has 9 heteroatoms. The van der Waals surface area contributed by atoms with E-state index in [4.69, 9.17) is 15.5 Å². The minimum absolute atomic E-state index is 0.406. The number of carbonyl (C=O) groups excluding carboxylic acids is 1. The summed E-state index contributed by atoms with van der Waals surface area (Å²) in [6, 6.07) is 11.3. The van der Waals surface area contributed by atoms with E-state index in [9.17, 15) is 9.90 Å². The molecule has 1 amide bonds. The van der Waals surface area contributed by atoms with E-state index in [1.807, 2.05) is 31.2 Å².